The average Bonchev–Trinajstić information content (AvgIpc) is 2.79. The number of likely N-dealkylation sites (tertiary alicyclic amines) is 2. The number of hydrogen-bond donors (Lipinski definition) is 1. The van der Waals surface area contributed by atoms with Crippen LogP contribution in [-0.2, 0) is 9.59 Å². The lowest BCUT2D eigenvalue weighted by atomic mass is 9.90. The van der Waals surface area contributed by atoms with E-state index in [0.717, 1.165) is 55.5 Å². The topological polar surface area (TPSA) is 92.4 Å². The highest BCUT2D eigenvalue weighted by molar-refractivity contribution is 5.81. The molecule has 2 N–H and O–H groups in total. The van der Waals surface area contributed by atoms with E-state index in [2.05, 4.69) is 9.97 Å². The van der Waals surface area contributed by atoms with Crippen molar-refractivity contribution in [2.24, 2.45) is 5.92 Å². The second kappa shape index (κ2) is 8.81. The van der Waals surface area contributed by atoms with Gasteiger partial charge < -0.3 is 15.5 Å². The van der Waals surface area contributed by atoms with Crippen molar-refractivity contribution in [1.82, 2.24) is 19.8 Å². The van der Waals surface area contributed by atoms with Crippen LogP contribution in [0.25, 0.3) is 11.1 Å². The SMILES string of the molecule is CC(=O)N1CCC(C(=O)N2CCCCC2c2nc(N)ncc2-c2ccccc2)CC1. The molecule has 4 rings (SSSR count). The molecule has 30 heavy (non-hydrogen) atoms. The molecule has 0 radical (unpaired) electrons. The number of amides is 2. The van der Waals surface area contributed by atoms with E-state index >= 15 is 0 Å². The molecule has 1 aromatic carbocycles. The molecular weight excluding hydrogens is 378 g/mol. The summed E-state index contributed by atoms with van der Waals surface area (Å²) in [5.41, 5.74) is 8.75. The Balaban J connectivity index is 1.61. The summed E-state index contributed by atoms with van der Waals surface area (Å²) in [5, 5.41) is 0. The highest BCUT2D eigenvalue weighted by Crippen LogP contribution is 2.37. The molecule has 0 saturated carbocycles. The number of piperidine rings is 2. The summed E-state index contributed by atoms with van der Waals surface area (Å²) in [6.45, 7) is 3.63. The summed E-state index contributed by atoms with van der Waals surface area (Å²) in [7, 11) is 0. The van der Waals surface area contributed by atoms with Gasteiger partial charge in [-0.15, -0.1) is 0 Å². The molecule has 0 spiro atoms. The zero-order valence-corrected chi connectivity index (χ0v) is 17.5. The van der Waals surface area contributed by atoms with Crippen LogP contribution in [-0.4, -0.2) is 51.2 Å². The van der Waals surface area contributed by atoms with E-state index in [0.29, 0.717) is 13.1 Å². The smallest absolute Gasteiger partial charge is 0.226 e. The monoisotopic (exact) mass is 407 g/mol. The fourth-order valence-corrected chi connectivity index (χ4v) is 4.66. The standard InChI is InChI=1S/C23H29N5O2/c1-16(29)27-13-10-18(11-14-27)22(30)28-12-6-5-9-20(28)21-19(15-25-23(24)26-21)17-7-3-2-4-8-17/h2-4,7-8,15,18,20H,5-6,9-14H2,1H3,(H2,24,25,26). The summed E-state index contributed by atoms with van der Waals surface area (Å²) >= 11 is 0. The second-order valence-corrected chi connectivity index (χ2v) is 8.22. The van der Waals surface area contributed by atoms with Gasteiger partial charge in [0.1, 0.15) is 0 Å². The third kappa shape index (κ3) is 4.15. The van der Waals surface area contributed by atoms with Crippen LogP contribution in [0.15, 0.2) is 36.5 Å². The van der Waals surface area contributed by atoms with E-state index in [1.165, 1.54) is 0 Å². The number of benzene rings is 1. The van der Waals surface area contributed by atoms with Crippen molar-refractivity contribution in [1.29, 1.82) is 0 Å². The molecule has 7 heteroatoms. The van der Waals surface area contributed by atoms with Crippen LogP contribution in [0.5, 0.6) is 0 Å². The molecule has 158 valence electrons. The lowest BCUT2D eigenvalue weighted by Crippen LogP contribution is -2.46. The molecule has 2 aliphatic rings. The zero-order valence-electron chi connectivity index (χ0n) is 17.5. The predicted molar refractivity (Wildman–Crippen MR) is 115 cm³/mol. The first-order valence-electron chi connectivity index (χ1n) is 10.8. The normalized spacial score (nSPS) is 20.2. The van der Waals surface area contributed by atoms with Gasteiger partial charge in [0, 0.05) is 44.2 Å². The van der Waals surface area contributed by atoms with Crippen molar-refractivity contribution >= 4 is 17.8 Å². The van der Waals surface area contributed by atoms with Gasteiger partial charge in [0.2, 0.25) is 17.8 Å². The third-order valence-corrected chi connectivity index (χ3v) is 6.31. The molecule has 2 aromatic rings. The Labute approximate surface area is 177 Å². The first kappa shape index (κ1) is 20.3. The van der Waals surface area contributed by atoms with Crippen LogP contribution in [0.2, 0.25) is 0 Å². The highest BCUT2D eigenvalue weighted by Gasteiger charge is 2.36. The van der Waals surface area contributed by atoms with Gasteiger partial charge in [-0.2, -0.15) is 0 Å². The fourth-order valence-electron chi connectivity index (χ4n) is 4.66. The maximum absolute atomic E-state index is 13.5. The molecule has 0 bridgehead atoms. The summed E-state index contributed by atoms with van der Waals surface area (Å²) < 4.78 is 0. The number of aromatic nitrogens is 2. The number of carbonyl (C=O) groups excluding carboxylic acids is 2. The summed E-state index contributed by atoms with van der Waals surface area (Å²) in [5.74, 6) is 0.456. The van der Waals surface area contributed by atoms with E-state index in [1.807, 2.05) is 40.1 Å². The number of nitrogen functional groups attached to an aromatic ring is 1. The first-order chi connectivity index (χ1) is 14.5. The minimum Gasteiger partial charge on any atom is -0.368 e. The summed E-state index contributed by atoms with van der Waals surface area (Å²) in [4.78, 5) is 37.8. The van der Waals surface area contributed by atoms with E-state index in [4.69, 9.17) is 5.73 Å². The van der Waals surface area contributed by atoms with Crippen LogP contribution < -0.4 is 5.73 Å². The largest absolute Gasteiger partial charge is 0.368 e. The van der Waals surface area contributed by atoms with Gasteiger partial charge in [0.05, 0.1) is 11.7 Å². The lowest BCUT2D eigenvalue weighted by Gasteiger charge is -2.40. The Morgan fingerprint density at radius 2 is 1.77 bits per heavy atom. The predicted octanol–water partition coefficient (Wildman–Crippen LogP) is 3.04. The second-order valence-electron chi connectivity index (χ2n) is 8.22. The van der Waals surface area contributed by atoms with Gasteiger partial charge in [0.25, 0.3) is 0 Å². The minimum absolute atomic E-state index is 0.0411. The maximum Gasteiger partial charge on any atom is 0.226 e. The molecule has 2 aliphatic heterocycles. The number of nitrogens with zero attached hydrogens (tertiary/aromatic N) is 4. The molecule has 7 nitrogen and oxygen atoms in total. The molecule has 2 fully saturated rings. The van der Waals surface area contributed by atoms with Crippen LogP contribution >= 0.6 is 0 Å². The number of hydrogen-bond acceptors (Lipinski definition) is 5. The number of rotatable bonds is 3. The van der Waals surface area contributed by atoms with E-state index in [9.17, 15) is 9.59 Å². The highest BCUT2D eigenvalue weighted by atomic mass is 16.2. The molecule has 3 heterocycles. The number of nitrogens with two attached hydrogens (primary N) is 1. The van der Waals surface area contributed by atoms with Gasteiger partial charge in [-0.3, -0.25) is 9.59 Å². The van der Waals surface area contributed by atoms with Crippen molar-refractivity contribution in [2.75, 3.05) is 25.4 Å². The van der Waals surface area contributed by atoms with Gasteiger partial charge >= 0.3 is 0 Å². The zero-order chi connectivity index (χ0) is 21.1. The van der Waals surface area contributed by atoms with E-state index in [-0.39, 0.29) is 29.7 Å². The first-order valence-corrected chi connectivity index (χ1v) is 10.8. The van der Waals surface area contributed by atoms with E-state index in [1.54, 1.807) is 13.1 Å². The number of anilines is 1. The molecule has 2 amide bonds. The van der Waals surface area contributed by atoms with Gasteiger partial charge in [0.15, 0.2) is 0 Å². The van der Waals surface area contributed by atoms with Crippen molar-refractivity contribution in [2.45, 2.75) is 45.1 Å². The maximum atomic E-state index is 13.5. The third-order valence-electron chi connectivity index (χ3n) is 6.31. The molecule has 2 saturated heterocycles. The molecular formula is C23H29N5O2. The van der Waals surface area contributed by atoms with Crippen molar-refractivity contribution < 1.29 is 9.59 Å². The Morgan fingerprint density at radius 3 is 2.47 bits per heavy atom. The fraction of sp³-hybridized carbons (Fsp3) is 0.478. The average molecular weight is 408 g/mol. The lowest BCUT2D eigenvalue weighted by molar-refractivity contribution is -0.143. The van der Waals surface area contributed by atoms with Gasteiger partial charge in [-0.25, -0.2) is 9.97 Å². The molecule has 1 unspecified atom stereocenters. The minimum atomic E-state index is -0.0995. The Bertz CT molecular complexity index is 909. The Kier molecular flexibility index (Phi) is 5.97. The van der Waals surface area contributed by atoms with Crippen LogP contribution in [0, 0.1) is 5.92 Å². The van der Waals surface area contributed by atoms with Crippen molar-refractivity contribution in [3.05, 3.63) is 42.2 Å². The van der Waals surface area contributed by atoms with Crippen LogP contribution in [0.4, 0.5) is 5.95 Å². The summed E-state index contributed by atoms with van der Waals surface area (Å²) in [6.07, 6.45) is 6.13. The van der Waals surface area contributed by atoms with Gasteiger partial charge in [-0.1, -0.05) is 30.3 Å². The Hall–Kier alpha value is -2.96. The van der Waals surface area contributed by atoms with Crippen molar-refractivity contribution in [3.8, 4) is 11.1 Å². The van der Waals surface area contributed by atoms with E-state index < -0.39 is 0 Å². The molecule has 1 atom stereocenters. The summed E-state index contributed by atoms with van der Waals surface area (Å²) in [6, 6.07) is 9.92. The quantitative estimate of drug-likeness (QED) is 0.844. The molecule has 0 aliphatic carbocycles. The van der Waals surface area contributed by atoms with Crippen LogP contribution in [0.1, 0.15) is 50.8 Å². The number of carbonyl (C=O) groups is 2. The van der Waals surface area contributed by atoms with Gasteiger partial charge in [-0.05, 0) is 37.7 Å². The van der Waals surface area contributed by atoms with Crippen molar-refractivity contribution in [3.63, 3.8) is 0 Å². The molecule has 1 aromatic heterocycles. The van der Waals surface area contributed by atoms with Crippen LogP contribution in [0.3, 0.4) is 0 Å². The Morgan fingerprint density at radius 1 is 1.03 bits per heavy atom.